The van der Waals surface area contributed by atoms with E-state index in [-0.39, 0.29) is 0 Å². The molecule has 2 rings (SSSR count). The standard InChI is InChI=1S/C9H18N2/c1-8-6-10-4-5-11(7-8)9-2-3-9/h8-10H,2-7H2,1H3. The Bertz CT molecular complexity index is 132. The molecule has 1 aliphatic carbocycles. The molecule has 1 heterocycles. The molecule has 0 aromatic heterocycles. The average molecular weight is 154 g/mol. The van der Waals surface area contributed by atoms with Gasteiger partial charge in [-0.15, -0.1) is 0 Å². The van der Waals surface area contributed by atoms with Gasteiger partial charge in [-0.25, -0.2) is 0 Å². The molecule has 1 saturated heterocycles. The lowest BCUT2D eigenvalue weighted by atomic mass is 10.2. The fourth-order valence-electron chi connectivity index (χ4n) is 1.90. The molecular weight excluding hydrogens is 136 g/mol. The van der Waals surface area contributed by atoms with Gasteiger partial charge < -0.3 is 5.32 Å². The van der Waals surface area contributed by atoms with E-state index in [1.807, 2.05) is 0 Å². The van der Waals surface area contributed by atoms with E-state index in [2.05, 4.69) is 17.1 Å². The summed E-state index contributed by atoms with van der Waals surface area (Å²) in [6.07, 6.45) is 2.90. The van der Waals surface area contributed by atoms with Gasteiger partial charge in [-0.2, -0.15) is 0 Å². The Morgan fingerprint density at radius 3 is 2.91 bits per heavy atom. The zero-order valence-electron chi connectivity index (χ0n) is 7.34. The summed E-state index contributed by atoms with van der Waals surface area (Å²) < 4.78 is 0. The first kappa shape index (κ1) is 7.56. The van der Waals surface area contributed by atoms with E-state index in [0.29, 0.717) is 0 Å². The van der Waals surface area contributed by atoms with Gasteiger partial charge in [0, 0.05) is 25.7 Å². The normalized spacial score (nSPS) is 35.2. The minimum atomic E-state index is 0.845. The first-order valence-electron chi connectivity index (χ1n) is 4.81. The lowest BCUT2D eigenvalue weighted by Crippen LogP contribution is -2.31. The van der Waals surface area contributed by atoms with Crippen LogP contribution in [0.4, 0.5) is 0 Å². The van der Waals surface area contributed by atoms with Crippen LogP contribution in [0.25, 0.3) is 0 Å². The van der Waals surface area contributed by atoms with E-state index in [0.717, 1.165) is 12.0 Å². The Labute approximate surface area is 69.0 Å². The van der Waals surface area contributed by atoms with Crippen LogP contribution in [0.3, 0.4) is 0 Å². The molecule has 1 unspecified atom stereocenters. The summed E-state index contributed by atoms with van der Waals surface area (Å²) in [4.78, 5) is 2.66. The molecule has 0 aromatic rings. The van der Waals surface area contributed by atoms with Crippen LogP contribution < -0.4 is 5.32 Å². The van der Waals surface area contributed by atoms with E-state index in [4.69, 9.17) is 0 Å². The summed E-state index contributed by atoms with van der Waals surface area (Å²) in [5.74, 6) is 0.845. The summed E-state index contributed by atoms with van der Waals surface area (Å²) in [5, 5.41) is 3.47. The first-order valence-corrected chi connectivity index (χ1v) is 4.81. The highest BCUT2D eigenvalue weighted by molar-refractivity contribution is 4.86. The van der Waals surface area contributed by atoms with Crippen molar-refractivity contribution < 1.29 is 0 Å². The highest BCUT2D eigenvalue weighted by atomic mass is 15.2. The largest absolute Gasteiger partial charge is 0.315 e. The lowest BCUT2D eigenvalue weighted by molar-refractivity contribution is 0.255. The minimum absolute atomic E-state index is 0.845. The lowest BCUT2D eigenvalue weighted by Gasteiger charge is -2.20. The van der Waals surface area contributed by atoms with Gasteiger partial charge in [0.15, 0.2) is 0 Å². The summed E-state index contributed by atoms with van der Waals surface area (Å²) in [7, 11) is 0. The second kappa shape index (κ2) is 3.11. The predicted molar refractivity (Wildman–Crippen MR) is 46.6 cm³/mol. The van der Waals surface area contributed by atoms with Crippen LogP contribution >= 0.6 is 0 Å². The highest BCUT2D eigenvalue weighted by Gasteiger charge is 2.30. The van der Waals surface area contributed by atoms with Gasteiger partial charge in [-0.1, -0.05) is 6.92 Å². The van der Waals surface area contributed by atoms with Crippen molar-refractivity contribution in [2.45, 2.75) is 25.8 Å². The summed E-state index contributed by atoms with van der Waals surface area (Å²) in [6.45, 7) is 7.34. The third kappa shape index (κ3) is 1.94. The number of nitrogens with one attached hydrogen (secondary N) is 1. The highest BCUT2D eigenvalue weighted by Crippen LogP contribution is 2.27. The summed E-state index contributed by atoms with van der Waals surface area (Å²) in [5.41, 5.74) is 0. The zero-order valence-corrected chi connectivity index (χ0v) is 7.34. The van der Waals surface area contributed by atoms with Gasteiger partial charge in [-0.3, -0.25) is 4.90 Å². The molecule has 2 aliphatic rings. The Balaban J connectivity index is 1.86. The molecule has 0 amide bonds. The van der Waals surface area contributed by atoms with Crippen molar-refractivity contribution in [3.63, 3.8) is 0 Å². The molecule has 0 aromatic carbocycles. The van der Waals surface area contributed by atoms with Gasteiger partial charge in [0.2, 0.25) is 0 Å². The molecule has 1 N–H and O–H groups in total. The topological polar surface area (TPSA) is 15.3 Å². The van der Waals surface area contributed by atoms with Gasteiger partial charge in [0.25, 0.3) is 0 Å². The first-order chi connectivity index (χ1) is 5.36. The third-order valence-corrected chi connectivity index (χ3v) is 2.68. The van der Waals surface area contributed by atoms with Crippen LogP contribution in [0.5, 0.6) is 0 Å². The number of nitrogens with zero attached hydrogens (tertiary/aromatic N) is 1. The van der Waals surface area contributed by atoms with Crippen LogP contribution in [0.15, 0.2) is 0 Å². The maximum atomic E-state index is 3.47. The molecular formula is C9H18N2. The Kier molecular flexibility index (Phi) is 2.14. The molecule has 11 heavy (non-hydrogen) atoms. The number of hydrogen-bond donors (Lipinski definition) is 1. The molecule has 1 aliphatic heterocycles. The molecule has 2 heteroatoms. The summed E-state index contributed by atoms with van der Waals surface area (Å²) in [6, 6.07) is 0.956. The quantitative estimate of drug-likeness (QED) is 0.598. The minimum Gasteiger partial charge on any atom is -0.315 e. The van der Waals surface area contributed by atoms with Gasteiger partial charge in [0.05, 0.1) is 0 Å². The van der Waals surface area contributed by atoms with Gasteiger partial charge in [0.1, 0.15) is 0 Å². The molecule has 1 saturated carbocycles. The van der Waals surface area contributed by atoms with Crippen molar-refractivity contribution in [2.75, 3.05) is 26.2 Å². The van der Waals surface area contributed by atoms with Crippen molar-refractivity contribution >= 4 is 0 Å². The van der Waals surface area contributed by atoms with Crippen LogP contribution in [0, 0.1) is 5.92 Å². The maximum absolute atomic E-state index is 3.47. The molecule has 0 radical (unpaired) electrons. The second-order valence-electron chi connectivity index (χ2n) is 4.04. The fourth-order valence-corrected chi connectivity index (χ4v) is 1.90. The van der Waals surface area contributed by atoms with Gasteiger partial charge in [-0.05, 0) is 25.3 Å². The smallest absolute Gasteiger partial charge is 0.0110 e. The molecule has 2 nitrogen and oxygen atoms in total. The Hall–Kier alpha value is -0.0800. The summed E-state index contributed by atoms with van der Waals surface area (Å²) >= 11 is 0. The molecule has 0 spiro atoms. The van der Waals surface area contributed by atoms with E-state index in [1.165, 1.54) is 39.0 Å². The second-order valence-corrected chi connectivity index (χ2v) is 4.04. The van der Waals surface area contributed by atoms with E-state index in [9.17, 15) is 0 Å². The van der Waals surface area contributed by atoms with Crippen molar-refractivity contribution in [1.82, 2.24) is 10.2 Å². The van der Waals surface area contributed by atoms with Crippen molar-refractivity contribution in [3.05, 3.63) is 0 Å². The average Bonchev–Trinajstić information content (AvgIpc) is 2.71. The van der Waals surface area contributed by atoms with Gasteiger partial charge >= 0.3 is 0 Å². The van der Waals surface area contributed by atoms with Crippen LogP contribution in [0.2, 0.25) is 0 Å². The molecule has 2 fully saturated rings. The number of hydrogen-bond acceptors (Lipinski definition) is 2. The third-order valence-electron chi connectivity index (χ3n) is 2.68. The Morgan fingerprint density at radius 2 is 2.18 bits per heavy atom. The van der Waals surface area contributed by atoms with E-state index in [1.54, 1.807) is 0 Å². The van der Waals surface area contributed by atoms with Crippen LogP contribution in [-0.2, 0) is 0 Å². The monoisotopic (exact) mass is 154 g/mol. The zero-order chi connectivity index (χ0) is 7.68. The molecule has 1 atom stereocenters. The Morgan fingerprint density at radius 1 is 1.36 bits per heavy atom. The fraction of sp³-hybridized carbons (Fsp3) is 1.00. The van der Waals surface area contributed by atoms with Crippen molar-refractivity contribution in [3.8, 4) is 0 Å². The molecule has 64 valence electrons. The van der Waals surface area contributed by atoms with Crippen molar-refractivity contribution in [1.29, 1.82) is 0 Å². The van der Waals surface area contributed by atoms with Crippen molar-refractivity contribution in [2.24, 2.45) is 5.92 Å². The van der Waals surface area contributed by atoms with Crippen LogP contribution in [-0.4, -0.2) is 37.1 Å². The predicted octanol–water partition coefficient (Wildman–Crippen LogP) is 0.690. The maximum Gasteiger partial charge on any atom is 0.0110 e. The van der Waals surface area contributed by atoms with E-state index >= 15 is 0 Å². The molecule has 0 bridgehead atoms. The number of rotatable bonds is 1. The SMILES string of the molecule is CC1CNCCN(C2CC2)C1. The van der Waals surface area contributed by atoms with Crippen LogP contribution in [0.1, 0.15) is 19.8 Å². The van der Waals surface area contributed by atoms with E-state index < -0.39 is 0 Å².